The predicted octanol–water partition coefficient (Wildman–Crippen LogP) is 3.80. The molecule has 94 valence electrons. The van der Waals surface area contributed by atoms with E-state index in [1.54, 1.807) is 18.2 Å². The molecular formula is C10H6Cl3N3O2. The fourth-order valence-electron chi connectivity index (χ4n) is 1.43. The largest absolute Gasteiger partial charge is 0.408 e. The Labute approximate surface area is 117 Å². The summed E-state index contributed by atoms with van der Waals surface area (Å²) in [4.78, 5) is 9.97. The van der Waals surface area contributed by atoms with Crippen LogP contribution in [-0.2, 0) is 6.54 Å². The highest BCUT2D eigenvalue weighted by molar-refractivity contribution is 6.33. The van der Waals surface area contributed by atoms with E-state index in [0.29, 0.717) is 15.6 Å². The molecule has 1 aromatic heterocycles. The van der Waals surface area contributed by atoms with E-state index < -0.39 is 4.92 Å². The van der Waals surface area contributed by atoms with Gasteiger partial charge >= 0.3 is 5.82 Å². The lowest BCUT2D eigenvalue weighted by molar-refractivity contribution is -0.389. The first-order valence-corrected chi connectivity index (χ1v) is 5.92. The monoisotopic (exact) mass is 305 g/mol. The summed E-state index contributed by atoms with van der Waals surface area (Å²) in [6.45, 7) is 0.257. The summed E-state index contributed by atoms with van der Waals surface area (Å²) < 4.78 is 1.35. The number of aromatic nitrogens is 2. The minimum Gasteiger partial charge on any atom is -0.358 e. The summed E-state index contributed by atoms with van der Waals surface area (Å²) in [7, 11) is 0. The molecule has 0 saturated carbocycles. The number of hydrogen-bond acceptors (Lipinski definition) is 3. The lowest BCUT2D eigenvalue weighted by Crippen LogP contribution is -2.01. The van der Waals surface area contributed by atoms with Crippen LogP contribution in [0.2, 0.25) is 15.1 Å². The molecule has 18 heavy (non-hydrogen) atoms. The predicted molar refractivity (Wildman–Crippen MR) is 69.5 cm³/mol. The first-order valence-electron chi connectivity index (χ1n) is 4.78. The van der Waals surface area contributed by atoms with E-state index in [1.807, 2.05) is 0 Å². The number of nitrogens with zero attached hydrogens (tertiary/aromatic N) is 3. The van der Waals surface area contributed by atoms with Gasteiger partial charge in [-0.15, -0.1) is 0 Å². The fourth-order valence-corrected chi connectivity index (χ4v) is 2.02. The fraction of sp³-hybridized carbons (Fsp3) is 0.100. The third-order valence-electron chi connectivity index (χ3n) is 2.21. The second-order valence-corrected chi connectivity index (χ2v) is 4.74. The Morgan fingerprint density at radius 2 is 2.00 bits per heavy atom. The molecule has 0 amide bonds. The molecule has 0 aliphatic rings. The quantitative estimate of drug-likeness (QED) is 0.640. The zero-order valence-electron chi connectivity index (χ0n) is 8.81. The van der Waals surface area contributed by atoms with Crippen LogP contribution in [0, 0.1) is 10.1 Å². The van der Waals surface area contributed by atoms with E-state index in [-0.39, 0.29) is 17.4 Å². The van der Waals surface area contributed by atoms with E-state index in [0.717, 1.165) is 0 Å². The van der Waals surface area contributed by atoms with Crippen molar-refractivity contribution >= 4 is 40.6 Å². The summed E-state index contributed by atoms with van der Waals surface area (Å²) in [6, 6.07) is 4.98. The van der Waals surface area contributed by atoms with Gasteiger partial charge in [-0.05, 0) is 28.7 Å². The maximum atomic E-state index is 10.6. The van der Waals surface area contributed by atoms with Gasteiger partial charge in [0.2, 0.25) is 0 Å². The topological polar surface area (TPSA) is 61.0 Å². The van der Waals surface area contributed by atoms with E-state index in [1.165, 1.54) is 10.9 Å². The van der Waals surface area contributed by atoms with Gasteiger partial charge in [0.25, 0.3) is 0 Å². The second-order valence-electron chi connectivity index (χ2n) is 3.49. The van der Waals surface area contributed by atoms with E-state index in [9.17, 15) is 10.1 Å². The van der Waals surface area contributed by atoms with E-state index in [4.69, 9.17) is 34.8 Å². The highest BCUT2D eigenvalue weighted by Crippen LogP contribution is 2.25. The van der Waals surface area contributed by atoms with Crippen molar-refractivity contribution in [3.05, 3.63) is 55.1 Å². The molecule has 1 aromatic carbocycles. The molecule has 0 N–H and O–H groups in total. The van der Waals surface area contributed by atoms with Gasteiger partial charge in [-0.1, -0.05) is 34.8 Å². The SMILES string of the molecule is O=[N+]([O-])c1nn(Cc2cc(Cl)ccc2Cl)cc1Cl. The Bertz CT molecular complexity index is 612. The summed E-state index contributed by atoms with van der Waals surface area (Å²) >= 11 is 17.5. The molecule has 0 saturated heterocycles. The Hall–Kier alpha value is -1.30. The molecule has 0 atom stereocenters. The van der Waals surface area contributed by atoms with Crippen LogP contribution >= 0.6 is 34.8 Å². The van der Waals surface area contributed by atoms with E-state index >= 15 is 0 Å². The highest BCUT2D eigenvalue weighted by Gasteiger charge is 2.19. The van der Waals surface area contributed by atoms with Crippen molar-refractivity contribution in [3.63, 3.8) is 0 Å². The van der Waals surface area contributed by atoms with Crippen LogP contribution in [-0.4, -0.2) is 14.7 Å². The standard InChI is InChI=1S/C10H6Cl3N3O2/c11-7-1-2-8(12)6(3-7)4-15-5-9(13)10(14-15)16(17)18/h1-3,5H,4H2. The molecule has 0 unspecified atom stereocenters. The number of halogens is 3. The van der Waals surface area contributed by atoms with Gasteiger partial charge in [0.05, 0.1) is 17.8 Å². The first-order chi connectivity index (χ1) is 8.47. The van der Waals surface area contributed by atoms with E-state index in [2.05, 4.69) is 5.10 Å². The maximum Gasteiger partial charge on any atom is 0.408 e. The summed E-state index contributed by atoms with van der Waals surface area (Å²) in [6.07, 6.45) is 1.37. The van der Waals surface area contributed by atoms with Crippen molar-refractivity contribution in [1.82, 2.24) is 9.78 Å². The third-order valence-corrected chi connectivity index (χ3v) is 3.08. The smallest absolute Gasteiger partial charge is 0.358 e. The van der Waals surface area contributed by atoms with Crippen LogP contribution in [0.15, 0.2) is 24.4 Å². The normalized spacial score (nSPS) is 10.6. The van der Waals surface area contributed by atoms with Crippen LogP contribution in [0.25, 0.3) is 0 Å². The molecule has 0 fully saturated rings. The van der Waals surface area contributed by atoms with Gasteiger partial charge in [-0.2, -0.15) is 4.68 Å². The third kappa shape index (κ3) is 2.75. The molecular weight excluding hydrogens is 300 g/mol. The average Bonchev–Trinajstić information content (AvgIpc) is 2.65. The van der Waals surface area contributed by atoms with Crippen molar-refractivity contribution in [3.8, 4) is 0 Å². The summed E-state index contributed by atoms with van der Waals surface area (Å²) in [5.41, 5.74) is 0.707. The number of hydrogen-bond donors (Lipinski definition) is 0. The Balaban J connectivity index is 2.31. The maximum absolute atomic E-state index is 10.6. The molecule has 1 heterocycles. The molecule has 2 aromatic rings. The molecule has 5 nitrogen and oxygen atoms in total. The van der Waals surface area contributed by atoms with Crippen LogP contribution in [0.5, 0.6) is 0 Å². The van der Waals surface area contributed by atoms with Gasteiger partial charge in [-0.25, -0.2) is 0 Å². The number of nitro groups is 1. The van der Waals surface area contributed by atoms with Crippen LogP contribution in [0.1, 0.15) is 5.56 Å². The molecule has 8 heteroatoms. The zero-order chi connectivity index (χ0) is 13.3. The first kappa shape index (κ1) is 13.1. The Kier molecular flexibility index (Phi) is 3.75. The molecule has 0 bridgehead atoms. The summed E-state index contributed by atoms with van der Waals surface area (Å²) in [5.74, 6) is -0.380. The van der Waals surface area contributed by atoms with Gasteiger partial charge in [0, 0.05) is 10.0 Å². The molecule has 0 aliphatic heterocycles. The average molecular weight is 307 g/mol. The number of benzene rings is 1. The summed E-state index contributed by atoms with van der Waals surface area (Å²) in [5, 5.41) is 15.4. The van der Waals surface area contributed by atoms with Crippen LogP contribution < -0.4 is 0 Å². The van der Waals surface area contributed by atoms with Crippen molar-refractivity contribution in [2.24, 2.45) is 0 Å². The van der Waals surface area contributed by atoms with Gasteiger partial charge in [-0.3, -0.25) is 0 Å². The van der Waals surface area contributed by atoms with Crippen molar-refractivity contribution in [1.29, 1.82) is 0 Å². The zero-order valence-corrected chi connectivity index (χ0v) is 11.1. The van der Waals surface area contributed by atoms with Gasteiger partial charge < -0.3 is 10.1 Å². The Morgan fingerprint density at radius 3 is 2.61 bits per heavy atom. The Morgan fingerprint density at radius 1 is 1.28 bits per heavy atom. The lowest BCUT2D eigenvalue weighted by Gasteiger charge is -2.02. The van der Waals surface area contributed by atoms with Crippen molar-refractivity contribution < 1.29 is 4.92 Å². The number of rotatable bonds is 3. The molecule has 0 aliphatic carbocycles. The van der Waals surface area contributed by atoms with Crippen molar-refractivity contribution in [2.45, 2.75) is 6.54 Å². The minimum atomic E-state index is -0.640. The van der Waals surface area contributed by atoms with Crippen LogP contribution in [0.3, 0.4) is 0 Å². The van der Waals surface area contributed by atoms with Gasteiger partial charge in [0.1, 0.15) is 0 Å². The molecule has 0 spiro atoms. The molecule has 2 rings (SSSR count). The van der Waals surface area contributed by atoms with Gasteiger partial charge in [0.15, 0.2) is 5.02 Å². The second kappa shape index (κ2) is 5.14. The van der Waals surface area contributed by atoms with Crippen LogP contribution in [0.4, 0.5) is 5.82 Å². The van der Waals surface area contributed by atoms with Crippen molar-refractivity contribution in [2.75, 3.05) is 0 Å². The highest BCUT2D eigenvalue weighted by atomic mass is 35.5. The lowest BCUT2D eigenvalue weighted by atomic mass is 10.2. The minimum absolute atomic E-state index is 0.0156. The molecule has 0 radical (unpaired) electrons.